The SMILES string of the molecule is COc1cccc(CC(=O)NCCn2ccnc2-c2cnccn2)c1. The molecule has 3 aromatic rings. The van der Waals surface area contributed by atoms with E-state index in [0.717, 1.165) is 17.1 Å². The first-order chi connectivity index (χ1) is 12.3. The van der Waals surface area contributed by atoms with Crippen molar-refractivity contribution < 1.29 is 9.53 Å². The molecule has 7 heteroatoms. The Kier molecular flexibility index (Phi) is 5.36. The normalized spacial score (nSPS) is 10.4. The molecule has 1 aromatic carbocycles. The lowest BCUT2D eigenvalue weighted by Crippen LogP contribution is -2.28. The molecule has 1 amide bonds. The minimum Gasteiger partial charge on any atom is -0.497 e. The molecular weight excluding hydrogens is 318 g/mol. The van der Waals surface area contributed by atoms with E-state index >= 15 is 0 Å². The van der Waals surface area contributed by atoms with Crippen LogP contribution in [0.5, 0.6) is 5.75 Å². The number of hydrogen-bond acceptors (Lipinski definition) is 5. The zero-order chi connectivity index (χ0) is 17.5. The minimum atomic E-state index is -0.0329. The Labute approximate surface area is 145 Å². The Balaban J connectivity index is 1.53. The molecule has 3 rings (SSSR count). The van der Waals surface area contributed by atoms with Crippen LogP contribution in [0.3, 0.4) is 0 Å². The van der Waals surface area contributed by atoms with Crippen molar-refractivity contribution in [3.05, 3.63) is 60.8 Å². The molecule has 0 saturated carbocycles. The highest BCUT2D eigenvalue weighted by molar-refractivity contribution is 5.78. The molecule has 0 radical (unpaired) electrons. The van der Waals surface area contributed by atoms with Gasteiger partial charge in [0.25, 0.3) is 0 Å². The zero-order valence-electron chi connectivity index (χ0n) is 13.9. The summed E-state index contributed by atoms with van der Waals surface area (Å²) < 4.78 is 7.11. The Bertz CT molecular complexity index is 832. The molecule has 7 nitrogen and oxygen atoms in total. The molecule has 2 aromatic heterocycles. The van der Waals surface area contributed by atoms with Crippen molar-refractivity contribution in [2.75, 3.05) is 13.7 Å². The first-order valence-electron chi connectivity index (χ1n) is 7.93. The topological polar surface area (TPSA) is 81.9 Å². The summed E-state index contributed by atoms with van der Waals surface area (Å²) in [7, 11) is 1.61. The number of aromatic nitrogens is 4. The van der Waals surface area contributed by atoms with Crippen molar-refractivity contribution in [3.8, 4) is 17.3 Å². The van der Waals surface area contributed by atoms with Crippen LogP contribution in [0.1, 0.15) is 5.56 Å². The average molecular weight is 337 g/mol. The molecule has 0 spiro atoms. The number of carbonyl (C=O) groups is 1. The van der Waals surface area contributed by atoms with Crippen LogP contribution in [-0.4, -0.2) is 39.1 Å². The van der Waals surface area contributed by atoms with Gasteiger partial charge >= 0.3 is 0 Å². The maximum Gasteiger partial charge on any atom is 0.224 e. The summed E-state index contributed by atoms with van der Waals surface area (Å²) in [5.74, 6) is 1.45. The zero-order valence-corrected chi connectivity index (χ0v) is 13.9. The number of methoxy groups -OCH3 is 1. The van der Waals surface area contributed by atoms with E-state index in [1.54, 1.807) is 31.9 Å². The fourth-order valence-corrected chi connectivity index (χ4v) is 2.48. The molecular formula is C18H19N5O2. The Morgan fingerprint density at radius 3 is 2.96 bits per heavy atom. The van der Waals surface area contributed by atoms with Crippen molar-refractivity contribution in [2.24, 2.45) is 0 Å². The number of nitrogens with one attached hydrogen (secondary N) is 1. The molecule has 0 fully saturated rings. The second kappa shape index (κ2) is 8.05. The number of rotatable bonds is 7. The van der Waals surface area contributed by atoms with Gasteiger partial charge in [-0.2, -0.15) is 0 Å². The second-order valence-corrected chi connectivity index (χ2v) is 5.41. The first kappa shape index (κ1) is 16.6. The summed E-state index contributed by atoms with van der Waals surface area (Å²) in [6, 6.07) is 7.50. The van der Waals surface area contributed by atoms with Crippen LogP contribution in [0.2, 0.25) is 0 Å². The van der Waals surface area contributed by atoms with Crippen molar-refractivity contribution in [1.82, 2.24) is 24.8 Å². The van der Waals surface area contributed by atoms with Crippen molar-refractivity contribution in [3.63, 3.8) is 0 Å². The highest BCUT2D eigenvalue weighted by Crippen LogP contribution is 2.13. The van der Waals surface area contributed by atoms with Gasteiger partial charge in [-0.15, -0.1) is 0 Å². The molecule has 2 heterocycles. The highest BCUT2D eigenvalue weighted by atomic mass is 16.5. The van der Waals surface area contributed by atoms with Gasteiger partial charge in [-0.1, -0.05) is 12.1 Å². The van der Waals surface area contributed by atoms with Crippen LogP contribution in [0.4, 0.5) is 0 Å². The van der Waals surface area contributed by atoms with E-state index in [1.165, 1.54) is 0 Å². The first-order valence-corrected chi connectivity index (χ1v) is 7.93. The number of nitrogens with zero attached hydrogens (tertiary/aromatic N) is 4. The summed E-state index contributed by atoms with van der Waals surface area (Å²) in [5, 5.41) is 2.92. The molecule has 0 aliphatic heterocycles. The predicted molar refractivity (Wildman–Crippen MR) is 93.0 cm³/mol. The molecule has 0 unspecified atom stereocenters. The second-order valence-electron chi connectivity index (χ2n) is 5.41. The number of amides is 1. The fraction of sp³-hybridized carbons (Fsp3) is 0.222. The van der Waals surface area contributed by atoms with Crippen LogP contribution in [0.25, 0.3) is 11.5 Å². The highest BCUT2D eigenvalue weighted by Gasteiger charge is 2.08. The molecule has 0 saturated heterocycles. The van der Waals surface area contributed by atoms with E-state index in [-0.39, 0.29) is 5.91 Å². The summed E-state index contributed by atoms with van der Waals surface area (Å²) in [4.78, 5) is 24.7. The van der Waals surface area contributed by atoms with Gasteiger partial charge in [0.1, 0.15) is 11.4 Å². The summed E-state index contributed by atoms with van der Waals surface area (Å²) in [6.45, 7) is 1.11. The molecule has 0 aliphatic rings. The van der Waals surface area contributed by atoms with Gasteiger partial charge in [-0.3, -0.25) is 9.78 Å². The van der Waals surface area contributed by atoms with E-state index in [2.05, 4.69) is 20.3 Å². The predicted octanol–water partition coefficient (Wildman–Crippen LogP) is 1.71. The van der Waals surface area contributed by atoms with Crippen LogP contribution >= 0.6 is 0 Å². The maximum absolute atomic E-state index is 12.1. The lowest BCUT2D eigenvalue weighted by Gasteiger charge is -2.09. The van der Waals surface area contributed by atoms with Gasteiger partial charge in [0.2, 0.25) is 5.91 Å². The minimum absolute atomic E-state index is 0.0329. The summed E-state index contributed by atoms with van der Waals surface area (Å²) in [5.41, 5.74) is 1.62. The Morgan fingerprint density at radius 1 is 1.24 bits per heavy atom. The van der Waals surface area contributed by atoms with Gasteiger partial charge in [0, 0.05) is 37.9 Å². The average Bonchev–Trinajstić information content (AvgIpc) is 3.11. The number of carbonyl (C=O) groups excluding carboxylic acids is 1. The fourth-order valence-electron chi connectivity index (χ4n) is 2.48. The van der Waals surface area contributed by atoms with Crippen molar-refractivity contribution >= 4 is 5.91 Å². The maximum atomic E-state index is 12.1. The van der Waals surface area contributed by atoms with E-state index in [9.17, 15) is 4.79 Å². The van der Waals surface area contributed by atoms with E-state index in [1.807, 2.05) is 35.0 Å². The molecule has 0 aliphatic carbocycles. The molecule has 0 atom stereocenters. The molecule has 128 valence electrons. The van der Waals surface area contributed by atoms with Crippen molar-refractivity contribution in [1.29, 1.82) is 0 Å². The number of benzene rings is 1. The molecule has 0 bridgehead atoms. The third-order valence-corrected chi connectivity index (χ3v) is 3.68. The van der Waals surface area contributed by atoms with Crippen LogP contribution in [0.15, 0.2) is 55.2 Å². The van der Waals surface area contributed by atoms with E-state index in [0.29, 0.717) is 25.2 Å². The molecule has 25 heavy (non-hydrogen) atoms. The number of imidazole rings is 1. The van der Waals surface area contributed by atoms with Gasteiger partial charge in [-0.05, 0) is 17.7 Å². The van der Waals surface area contributed by atoms with Gasteiger partial charge in [0.15, 0.2) is 5.82 Å². The van der Waals surface area contributed by atoms with Crippen LogP contribution in [0, 0.1) is 0 Å². The van der Waals surface area contributed by atoms with Crippen molar-refractivity contribution in [2.45, 2.75) is 13.0 Å². The van der Waals surface area contributed by atoms with Crippen LogP contribution < -0.4 is 10.1 Å². The quantitative estimate of drug-likeness (QED) is 0.710. The third-order valence-electron chi connectivity index (χ3n) is 3.68. The number of hydrogen-bond donors (Lipinski definition) is 1. The molecule has 1 N–H and O–H groups in total. The van der Waals surface area contributed by atoms with Gasteiger partial charge < -0.3 is 14.6 Å². The standard InChI is InChI=1S/C18H19N5O2/c1-25-15-4-2-3-14(11-15)12-17(24)21-7-9-23-10-8-22-18(23)16-13-19-5-6-20-16/h2-6,8,10-11,13H,7,9,12H2,1H3,(H,21,24). The number of ether oxygens (including phenoxy) is 1. The summed E-state index contributed by atoms with van der Waals surface area (Å²) in [6.07, 6.45) is 8.80. The Morgan fingerprint density at radius 2 is 2.16 bits per heavy atom. The van der Waals surface area contributed by atoms with E-state index in [4.69, 9.17) is 4.74 Å². The van der Waals surface area contributed by atoms with Gasteiger partial charge in [0.05, 0.1) is 19.7 Å². The third kappa shape index (κ3) is 4.41. The largest absolute Gasteiger partial charge is 0.497 e. The monoisotopic (exact) mass is 337 g/mol. The van der Waals surface area contributed by atoms with E-state index < -0.39 is 0 Å². The summed E-state index contributed by atoms with van der Waals surface area (Å²) >= 11 is 0. The van der Waals surface area contributed by atoms with Gasteiger partial charge in [-0.25, -0.2) is 9.97 Å². The Hall–Kier alpha value is -3.22. The lowest BCUT2D eigenvalue weighted by molar-refractivity contribution is -0.120. The van der Waals surface area contributed by atoms with Crippen LogP contribution in [-0.2, 0) is 17.8 Å². The lowest BCUT2D eigenvalue weighted by atomic mass is 10.1. The smallest absolute Gasteiger partial charge is 0.224 e.